The molecule has 1 saturated heterocycles. The van der Waals surface area contributed by atoms with E-state index in [0.717, 1.165) is 29.7 Å². The summed E-state index contributed by atoms with van der Waals surface area (Å²) in [4.78, 5) is 16.7. The van der Waals surface area contributed by atoms with Gasteiger partial charge in [-0.3, -0.25) is 4.79 Å². The Balaban J connectivity index is 1.80. The number of carbonyl (C=O) groups excluding carboxylic acids is 1. The lowest BCUT2D eigenvalue weighted by Crippen LogP contribution is -2.32. The normalized spacial score (nSPS) is 20.1. The summed E-state index contributed by atoms with van der Waals surface area (Å²) in [5.41, 5.74) is 0.812. The number of rotatable bonds is 5. The van der Waals surface area contributed by atoms with E-state index < -0.39 is 0 Å². The van der Waals surface area contributed by atoms with Gasteiger partial charge in [-0.05, 0) is 39.2 Å². The number of likely N-dealkylation sites (tertiary alicyclic amines) is 1. The molecule has 0 spiro atoms. The number of carbonyl (C=O) groups is 1. The molecule has 0 amide bonds. The number of likely N-dealkylation sites (N-methyl/N-ethyl adjacent to an activating group) is 1. The first-order valence-corrected chi connectivity index (χ1v) is 7.53. The van der Waals surface area contributed by atoms with Crippen LogP contribution in [0, 0.1) is 0 Å². The Morgan fingerprint density at radius 2 is 2.05 bits per heavy atom. The Bertz CT molecular complexity index is 430. The minimum Gasteiger partial charge on any atom is -0.305 e. The molecule has 0 saturated carbocycles. The van der Waals surface area contributed by atoms with Crippen molar-refractivity contribution in [3.8, 4) is 0 Å². The summed E-state index contributed by atoms with van der Waals surface area (Å²) in [6.45, 7) is 3.07. The van der Waals surface area contributed by atoms with Crippen molar-refractivity contribution in [2.24, 2.45) is 0 Å². The van der Waals surface area contributed by atoms with Crippen molar-refractivity contribution in [1.29, 1.82) is 0 Å². The zero-order valence-electron chi connectivity index (χ0n) is 11.6. The van der Waals surface area contributed by atoms with E-state index in [4.69, 9.17) is 0 Å². The lowest BCUT2D eigenvalue weighted by Gasteiger charge is -2.20. The van der Waals surface area contributed by atoms with Crippen LogP contribution in [0.1, 0.15) is 23.2 Å². The van der Waals surface area contributed by atoms with Gasteiger partial charge < -0.3 is 9.80 Å². The van der Waals surface area contributed by atoms with Crippen molar-refractivity contribution in [1.82, 2.24) is 9.80 Å². The standard InChI is InChI=1S/C15H21BrN2O/c1-17(2)14-7-9-18(11-14)10-8-15(19)12-3-5-13(16)6-4-12/h3-6,14H,7-11H2,1-2H3. The molecule has 0 bridgehead atoms. The molecule has 0 aromatic heterocycles. The van der Waals surface area contributed by atoms with E-state index in [9.17, 15) is 4.79 Å². The molecule has 1 aromatic carbocycles. The molecule has 0 N–H and O–H groups in total. The van der Waals surface area contributed by atoms with Gasteiger partial charge in [-0.2, -0.15) is 0 Å². The van der Waals surface area contributed by atoms with E-state index in [2.05, 4.69) is 39.8 Å². The van der Waals surface area contributed by atoms with Crippen LogP contribution in [0.15, 0.2) is 28.7 Å². The minimum atomic E-state index is 0.237. The van der Waals surface area contributed by atoms with Crippen molar-refractivity contribution in [2.45, 2.75) is 18.9 Å². The van der Waals surface area contributed by atoms with Crippen molar-refractivity contribution < 1.29 is 4.79 Å². The molecule has 1 aliphatic heterocycles. The van der Waals surface area contributed by atoms with Crippen molar-refractivity contribution in [2.75, 3.05) is 33.7 Å². The molecule has 2 rings (SSSR count). The zero-order valence-corrected chi connectivity index (χ0v) is 13.2. The predicted octanol–water partition coefficient (Wildman–Crippen LogP) is 2.66. The molecule has 4 heteroatoms. The van der Waals surface area contributed by atoms with Crippen LogP contribution < -0.4 is 0 Å². The molecule has 1 aromatic rings. The topological polar surface area (TPSA) is 23.6 Å². The second-order valence-corrected chi connectivity index (χ2v) is 6.30. The fourth-order valence-corrected chi connectivity index (χ4v) is 2.74. The fraction of sp³-hybridized carbons (Fsp3) is 0.533. The first-order chi connectivity index (χ1) is 9.06. The monoisotopic (exact) mass is 324 g/mol. The van der Waals surface area contributed by atoms with Crippen LogP contribution in [-0.2, 0) is 0 Å². The summed E-state index contributed by atoms with van der Waals surface area (Å²) in [6.07, 6.45) is 1.82. The smallest absolute Gasteiger partial charge is 0.164 e. The minimum absolute atomic E-state index is 0.237. The molecule has 0 aliphatic carbocycles. The fourth-order valence-electron chi connectivity index (χ4n) is 2.48. The second-order valence-electron chi connectivity index (χ2n) is 5.39. The van der Waals surface area contributed by atoms with E-state index >= 15 is 0 Å². The van der Waals surface area contributed by atoms with E-state index in [1.54, 1.807) is 0 Å². The van der Waals surface area contributed by atoms with Crippen molar-refractivity contribution in [3.63, 3.8) is 0 Å². The molecule has 0 radical (unpaired) electrons. The Hall–Kier alpha value is -0.710. The van der Waals surface area contributed by atoms with Gasteiger partial charge in [-0.25, -0.2) is 0 Å². The van der Waals surface area contributed by atoms with Crippen LogP contribution in [0.5, 0.6) is 0 Å². The highest BCUT2D eigenvalue weighted by molar-refractivity contribution is 9.10. The van der Waals surface area contributed by atoms with Gasteiger partial charge in [0, 0.05) is 35.6 Å². The Labute approximate surface area is 123 Å². The summed E-state index contributed by atoms with van der Waals surface area (Å²) in [6, 6.07) is 8.26. The van der Waals surface area contributed by atoms with Gasteiger partial charge in [0.1, 0.15) is 0 Å². The molecule has 104 valence electrons. The third-order valence-electron chi connectivity index (χ3n) is 3.80. The summed E-state index contributed by atoms with van der Waals surface area (Å²) >= 11 is 3.38. The number of benzene rings is 1. The third kappa shape index (κ3) is 4.13. The number of ketones is 1. The highest BCUT2D eigenvalue weighted by Gasteiger charge is 2.23. The van der Waals surface area contributed by atoms with Gasteiger partial charge in [0.15, 0.2) is 5.78 Å². The molecule has 1 atom stereocenters. The Kier molecular flexibility index (Phi) is 5.13. The van der Waals surface area contributed by atoms with Crippen LogP contribution >= 0.6 is 15.9 Å². The molecular weight excluding hydrogens is 304 g/mol. The largest absolute Gasteiger partial charge is 0.305 e. The van der Waals surface area contributed by atoms with Crippen LogP contribution in [0.4, 0.5) is 0 Å². The lowest BCUT2D eigenvalue weighted by atomic mass is 10.1. The molecule has 1 aliphatic rings. The number of Topliss-reactive ketones (excluding diaryl/α,β-unsaturated/α-hetero) is 1. The van der Waals surface area contributed by atoms with Gasteiger partial charge in [-0.1, -0.05) is 28.1 Å². The van der Waals surface area contributed by atoms with Crippen LogP contribution in [0.2, 0.25) is 0 Å². The average Bonchev–Trinajstić information content (AvgIpc) is 2.86. The highest BCUT2D eigenvalue weighted by Crippen LogP contribution is 2.15. The summed E-state index contributed by atoms with van der Waals surface area (Å²) in [7, 11) is 4.25. The Morgan fingerprint density at radius 1 is 1.37 bits per heavy atom. The number of hydrogen-bond acceptors (Lipinski definition) is 3. The third-order valence-corrected chi connectivity index (χ3v) is 4.33. The van der Waals surface area contributed by atoms with E-state index in [1.807, 2.05) is 24.3 Å². The van der Waals surface area contributed by atoms with Crippen molar-refractivity contribution >= 4 is 21.7 Å². The average molecular weight is 325 g/mol. The molecular formula is C15H21BrN2O. The van der Waals surface area contributed by atoms with E-state index in [1.165, 1.54) is 6.42 Å². The van der Waals surface area contributed by atoms with Crippen LogP contribution in [0.3, 0.4) is 0 Å². The molecule has 1 unspecified atom stereocenters. The van der Waals surface area contributed by atoms with Gasteiger partial charge in [0.05, 0.1) is 0 Å². The second kappa shape index (κ2) is 6.64. The molecule has 3 nitrogen and oxygen atoms in total. The maximum atomic E-state index is 12.1. The quantitative estimate of drug-likeness (QED) is 0.778. The lowest BCUT2D eigenvalue weighted by molar-refractivity contribution is 0.0967. The molecule has 1 heterocycles. The highest BCUT2D eigenvalue weighted by atomic mass is 79.9. The van der Waals surface area contributed by atoms with E-state index in [-0.39, 0.29) is 5.78 Å². The Morgan fingerprint density at radius 3 is 2.63 bits per heavy atom. The predicted molar refractivity (Wildman–Crippen MR) is 81.6 cm³/mol. The summed E-state index contributed by atoms with van der Waals surface area (Å²) in [5.74, 6) is 0.237. The maximum Gasteiger partial charge on any atom is 0.164 e. The maximum absolute atomic E-state index is 12.1. The van der Waals surface area contributed by atoms with Crippen LogP contribution in [0.25, 0.3) is 0 Å². The van der Waals surface area contributed by atoms with E-state index in [0.29, 0.717) is 12.5 Å². The molecule has 1 fully saturated rings. The first-order valence-electron chi connectivity index (χ1n) is 6.74. The van der Waals surface area contributed by atoms with Gasteiger partial charge >= 0.3 is 0 Å². The van der Waals surface area contributed by atoms with Gasteiger partial charge in [-0.15, -0.1) is 0 Å². The zero-order chi connectivity index (χ0) is 13.8. The number of hydrogen-bond donors (Lipinski definition) is 0. The summed E-state index contributed by atoms with van der Waals surface area (Å²) < 4.78 is 1.01. The number of halogens is 1. The van der Waals surface area contributed by atoms with Gasteiger partial charge in [0.25, 0.3) is 0 Å². The van der Waals surface area contributed by atoms with Crippen molar-refractivity contribution in [3.05, 3.63) is 34.3 Å². The first kappa shape index (κ1) is 14.7. The summed E-state index contributed by atoms with van der Waals surface area (Å²) in [5, 5.41) is 0. The van der Waals surface area contributed by atoms with Gasteiger partial charge in [0.2, 0.25) is 0 Å². The molecule has 19 heavy (non-hydrogen) atoms. The SMILES string of the molecule is CN(C)C1CCN(CCC(=O)c2ccc(Br)cc2)C1. The number of nitrogens with zero attached hydrogens (tertiary/aromatic N) is 2. The van der Waals surface area contributed by atoms with Crippen LogP contribution in [-0.4, -0.2) is 55.4 Å².